The Morgan fingerprint density at radius 3 is 2.56 bits per heavy atom. The molecule has 0 unspecified atom stereocenters. The molecule has 2 aromatic rings. The topological polar surface area (TPSA) is 131 Å². The Labute approximate surface area is 144 Å². The van der Waals surface area contributed by atoms with E-state index >= 15 is 0 Å². The number of nitrogens with one attached hydrogen (secondary N) is 1. The lowest BCUT2D eigenvalue weighted by Gasteiger charge is -2.26. The third kappa shape index (κ3) is 4.21. The lowest BCUT2D eigenvalue weighted by atomic mass is 10.3. The zero-order valence-electron chi connectivity index (χ0n) is 13.6. The van der Waals surface area contributed by atoms with Crippen molar-refractivity contribution in [3.63, 3.8) is 0 Å². The van der Waals surface area contributed by atoms with Gasteiger partial charge in [-0.1, -0.05) is 12.1 Å². The predicted molar refractivity (Wildman–Crippen MR) is 94.1 cm³/mol. The van der Waals surface area contributed by atoms with Crippen molar-refractivity contribution in [2.75, 3.05) is 37.6 Å². The van der Waals surface area contributed by atoms with Crippen LogP contribution in [0.5, 0.6) is 5.75 Å². The number of pyridine rings is 1. The summed E-state index contributed by atoms with van der Waals surface area (Å²) in [6.07, 6.45) is -0.405. The van der Waals surface area contributed by atoms with E-state index in [2.05, 4.69) is 20.5 Å². The Morgan fingerprint density at radius 2 is 1.80 bits per heavy atom. The number of nitrogens with two attached hydrogens (primary N) is 2. The Bertz CT molecular complexity index is 788. The molecule has 1 aromatic heterocycles. The largest absolute Gasteiger partial charge is 0.415 e. The van der Waals surface area contributed by atoms with E-state index in [1.807, 2.05) is 0 Å². The van der Waals surface area contributed by atoms with Crippen LogP contribution in [-0.2, 0) is 0 Å². The summed E-state index contributed by atoms with van der Waals surface area (Å²) in [6, 6.07) is 10.1. The fourth-order valence-corrected chi connectivity index (χ4v) is 2.31. The highest BCUT2D eigenvalue weighted by atomic mass is 16.6. The second kappa shape index (κ2) is 7.58. The highest BCUT2D eigenvalue weighted by Crippen LogP contribution is 2.30. The summed E-state index contributed by atoms with van der Waals surface area (Å²) < 4.78 is 5.46. The van der Waals surface area contributed by atoms with Crippen LogP contribution in [0.1, 0.15) is 0 Å². The SMILES string of the molecule is Nc1ccc(/N=N/c2ccccc2OC(=O)N2CCNCC2)c(N)n1. The Balaban J connectivity index is 1.76. The molecule has 1 amide bonds. The normalized spacial score (nSPS) is 14.6. The Kier molecular flexibility index (Phi) is 5.05. The van der Waals surface area contributed by atoms with Crippen molar-refractivity contribution in [2.24, 2.45) is 10.2 Å². The molecule has 130 valence electrons. The molecule has 1 fully saturated rings. The number of aromatic nitrogens is 1. The number of piperazine rings is 1. The van der Waals surface area contributed by atoms with Crippen LogP contribution in [0.3, 0.4) is 0 Å². The molecule has 9 heteroatoms. The molecular formula is C16H19N7O2. The van der Waals surface area contributed by atoms with E-state index in [-0.39, 0.29) is 5.82 Å². The number of carbonyl (C=O) groups is 1. The number of azo groups is 1. The molecule has 1 saturated heterocycles. The smallest absolute Gasteiger partial charge is 0.408 e. The van der Waals surface area contributed by atoms with Crippen LogP contribution in [0.4, 0.5) is 27.8 Å². The number of para-hydroxylation sites is 1. The van der Waals surface area contributed by atoms with Gasteiger partial charge in [0.25, 0.3) is 0 Å². The van der Waals surface area contributed by atoms with Crippen LogP contribution in [0.2, 0.25) is 0 Å². The molecule has 3 rings (SSSR count). The minimum atomic E-state index is -0.405. The maximum Gasteiger partial charge on any atom is 0.415 e. The maximum absolute atomic E-state index is 12.2. The minimum absolute atomic E-state index is 0.180. The van der Waals surface area contributed by atoms with E-state index in [0.717, 1.165) is 13.1 Å². The Morgan fingerprint density at radius 1 is 1.08 bits per heavy atom. The summed E-state index contributed by atoms with van der Waals surface area (Å²) in [5.74, 6) is 0.817. The molecule has 25 heavy (non-hydrogen) atoms. The number of anilines is 2. The molecule has 0 spiro atoms. The van der Waals surface area contributed by atoms with Crippen LogP contribution >= 0.6 is 0 Å². The first-order valence-electron chi connectivity index (χ1n) is 7.84. The number of ether oxygens (including phenoxy) is 1. The maximum atomic E-state index is 12.2. The van der Waals surface area contributed by atoms with Gasteiger partial charge in [-0.2, -0.15) is 0 Å². The van der Waals surface area contributed by atoms with E-state index in [1.54, 1.807) is 41.3 Å². The quantitative estimate of drug-likeness (QED) is 0.732. The van der Waals surface area contributed by atoms with Gasteiger partial charge < -0.3 is 26.4 Å². The van der Waals surface area contributed by atoms with Gasteiger partial charge >= 0.3 is 6.09 Å². The number of hydrogen-bond donors (Lipinski definition) is 3. The number of benzene rings is 1. The second-order valence-corrected chi connectivity index (χ2v) is 5.41. The first-order valence-corrected chi connectivity index (χ1v) is 7.84. The van der Waals surface area contributed by atoms with E-state index in [0.29, 0.717) is 36.0 Å². The highest BCUT2D eigenvalue weighted by Gasteiger charge is 2.19. The van der Waals surface area contributed by atoms with E-state index in [9.17, 15) is 4.79 Å². The van der Waals surface area contributed by atoms with Gasteiger partial charge in [0.1, 0.15) is 17.2 Å². The third-order valence-electron chi connectivity index (χ3n) is 3.63. The summed E-state index contributed by atoms with van der Waals surface area (Å²) in [7, 11) is 0. The number of rotatable bonds is 3. The summed E-state index contributed by atoms with van der Waals surface area (Å²) in [4.78, 5) is 17.8. The first-order chi connectivity index (χ1) is 12.1. The van der Waals surface area contributed by atoms with E-state index < -0.39 is 6.09 Å². The van der Waals surface area contributed by atoms with Gasteiger partial charge in [0.05, 0.1) is 0 Å². The molecule has 0 bridgehead atoms. The van der Waals surface area contributed by atoms with Gasteiger partial charge in [-0.05, 0) is 24.3 Å². The number of amides is 1. The second-order valence-electron chi connectivity index (χ2n) is 5.41. The van der Waals surface area contributed by atoms with Crippen molar-refractivity contribution in [3.05, 3.63) is 36.4 Å². The van der Waals surface area contributed by atoms with Crippen molar-refractivity contribution < 1.29 is 9.53 Å². The lowest BCUT2D eigenvalue weighted by molar-refractivity contribution is 0.146. The zero-order valence-corrected chi connectivity index (χ0v) is 13.6. The molecule has 0 radical (unpaired) electrons. The van der Waals surface area contributed by atoms with Gasteiger partial charge in [-0.3, -0.25) is 0 Å². The minimum Gasteiger partial charge on any atom is -0.408 e. The Hall–Kier alpha value is -3.20. The van der Waals surface area contributed by atoms with Gasteiger partial charge in [0, 0.05) is 26.2 Å². The summed E-state index contributed by atoms with van der Waals surface area (Å²) >= 11 is 0. The van der Waals surface area contributed by atoms with Crippen molar-refractivity contribution in [1.29, 1.82) is 0 Å². The van der Waals surface area contributed by atoms with Crippen molar-refractivity contribution in [3.8, 4) is 5.75 Å². The first kappa shape index (κ1) is 16.7. The third-order valence-corrected chi connectivity index (χ3v) is 3.63. The highest BCUT2D eigenvalue weighted by molar-refractivity contribution is 5.73. The van der Waals surface area contributed by atoms with Crippen molar-refractivity contribution in [1.82, 2.24) is 15.2 Å². The van der Waals surface area contributed by atoms with Crippen LogP contribution in [0, 0.1) is 0 Å². The molecule has 1 aromatic carbocycles. The summed E-state index contributed by atoms with van der Waals surface area (Å²) in [6.45, 7) is 2.71. The van der Waals surface area contributed by atoms with Gasteiger partial charge in [-0.15, -0.1) is 10.2 Å². The number of nitrogens with zero attached hydrogens (tertiary/aromatic N) is 4. The van der Waals surface area contributed by atoms with Crippen LogP contribution < -0.4 is 21.5 Å². The van der Waals surface area contributed by atoms with Crippen LogP contribution in [-0.4, -0.2) is 42.2 Å². The molecule has 9 nitrogen and oxygen atoms in total. The van der Waals surface area contributed by atoms with E-state index in [1.165, 1.54) is 0 Å². The van der Waals surface area contributed by atoms with Gasteiger partial charge in [0.2, 0.25) is 0 Å². The fourth-order valence-electron chi connectivity index (χ4n) is 2.31. The fraction of sp³-hybridized carbons (Fsp3) is 0.250. The van der Waals surface area contributed by atoms with Crippen LogP contribution in [0.25, 0.3) is 0 Å². The summed E-state index contributed by atoms with van der Waals surface area (Å²) in [5.41, 5.74) is 12.1. The average molecular weight is 341 g/mol. The van der Waals surface area contributed by atoms with Crippen molar-refractivity contribution in [2.45, 2.75) is 0 Å². The number of hydrogen-bond acceptors (Lipinski definition) is 8. The zero-order chi connectivity index (χ0) is 17.6. The standard InChI is InChI=1S/C16H19N7O2/c17-14-6-5-12(15(18)20-14)22-21-11-3-1-2-4-13(11)25-16(24)23-9-7-19-8-10-23/h1-6,19H,7-10H2,(H4,17,18,20)/b22-21+. The average Bonchev–Trinajstić information content (AvgIpc) is 2.63. The molecular weight excluding hydrogens is 322 g/mol. The molecule has 0 atom stereocenters. The summed E-state index contributed by atoms with van der Waals surface area (Å²) in [5, 5.41) is 11.4. The molecule has 0 aliphatic carbocycles. The molecule has 1 aliphatic rings. The molecule has 1 aliphatic heterocycles. The molecule has 0 saturated carbocycles. The van der Waals surface area contributed by atoms with Gasteiger partial charge in [-0.25, -0.2) is 9.78 Å². The monoisotopic (exact) mass is 341 g/mol. The molecule has 5 N–H and O–H groups in total. The van der Waals surface area contributed by atoms with Crippen LogP contribution in [0.15, 0.2) is 46.6 Å². The predicted octanol–water partition coefficient (Wildman–Crippen LogP) is 2.07. The molecule has 2 heterocycles. The number of nitrogen functional groups attached to an aromatic ring is 2. The number of carbonyl (C=O) groups excluding carboxylic acids is 1. The van der Waals surface area contributed by atoms with Gasteiger partial charge in [0.15, 0.2) is 11.6 Å². The van der Waals surface area contributed by atoms with Crippen molar-refractivity contribution >= 4 is 29.1 Å². The lowest BCUT2D eigenvalue weighted by Crippen LogP contribution is -2.47. The van der Waals surface area contributed by atoms with E-state index in [4.69, 9.17) is 16.2 Å².